The number of amidine groups is 1. The Balaban J connectivity index is 1.65. The number of hydrogen-bond acceptors (Lipinski definition) is 3. The Labute approximate surface area is 138 Å². The molecule has 3 rings (SSSR count). The van der Waals surface area contributed by atoms with Gasteiger partial charge in [0.25, 0.3) is 0 Å². The molecular weight excluding hydrogens is 286 g/mol. The first kappa shape index (κ1) is 15.4. The summed E-state index contributed by atoms with van der Waals surface area (Å²) in [6.45, 7) is 3.96. The number of benzene rings is 2. The zero-order chi connectivity index (χ0) is 16.1. The lowest BCUT2D eigenvalue weighted by atomic mass is 10.1. The summed E-state index contributed by atoms with van der Waals surface area (Å²) in [5.41, 5.74) is 2.44. The van der Waals surface area contributed by atoms with Crippen molar-refractivity contribution in [3.63, 3.8) is 0 Å². The lowest BCUT2D eigenvalue weighted by molar-refractivity contribution is 0.385. The largest absolute Gasteiger partial charge is 0.497 e. The molecule has 23 heavy (non-hydrogen) atoms. The van der Waals surface area contributed by atoms with Crippen molar-refractivity contribution in [3.8, 4) is 5.75 Å². The van der Waals surface area contributed by atoms with Crippen molar-refractivity contribution in [3.05, 3.63) is 60.2 Å². The van der Waals surface area contributed by atoms with Crippen molar-refractivity contribution in [1.82, 2.24) is 4.90 Å². The van der Waals surface area contributed by atoms with Crippen molar-refractivity contribution in [2.45, 2.75) is 0 Å². The molecule has 4 heteroatoms. The number of ether oxygens (including phenoxy) is 1. The summed E-state index contributed by atoms with van der Waals surface area (Å²) in [6, 6.07) is 18.7. The first-order valence-corrected chi connectivity index (χ1v) is 7.98. The first-order valence-electron chi connectivity index (χ1n) is 7.98. The summed E-state index contributed by atoms with van der Waals surface area (Å²) in [5.74, 6) is 1.98. The lowest BCUT2D eigenvalue weighted by Gasteiger charge is -2.37. The van der Waals surface area contributed by atoms with E-state index < -0.39 is 0 Å². The molecule has 0 aromatic heterocycles. The van der Waals surface area contributed by atoms with Crippen molar-refractivity contribution in [2.75, 3.05) is 45.2 Å². The SMILES string of the molecule is CN=C(c1ccccc1)N1CCN(c2ccc(OC)cc2)CC1. The van der Waals surface area contributed by atoms with Crippen LogP contribution in [0.25, 0.3) is 0 Å². The molecule has 1 fully saturated rings. The average Bonchev–Trinajstić information content (AvgIpc) is 2.64. The number of nitrogens with zero attached hydrogens (tertiary/aromatic N) is 3. The van der Waals surface area contributed by atoms with E-state index in [9.17, 15) is 0 Å². The molecule has 1 aliphatic rings. The van der Waals surface area contributed by atoms with E-state index in [2.05, 4.69) is 51.2 Å². The summed E-state index contributed by atoms with van der Waals surface area (Å²) in [7, 11) is 3.57. The highest BCUT2D eigenvalue weighted by atomic mass is 16.5. The molecule has 0 N–H and O–H groups in total. The van der Waals surface area contributed by atoms with E-state index in [-0.39, 0.29) is 0 Å². The van der Waals surface area contributed by atoms with Gasteiger partial charge in [-0.3, -0.25) is 4.99 Å². The third kappa shape index (κ3) is 3.47. The number of methoxy groups -OCH3 is 1. The van der Waals surface area contributed by atoms with Crippen LogP contribution in [-0.4, -0.2) is 51.1 Å². The van der Waals surface area contributed by atoms with Gasteiger partial charge in [-0.1, -0.05) is 30.3 Å². The molecule has 0 spiro atoms. The third-order valence-corrected chi connectivity index (χ3v) is 4.26. The van der Waals surface area contributed by atoms with Crippen LogP contribution in [0, 0.1) is 0 Å². The molecule has 120 valence electrons. The molecule has 0 unspecified atom stereocenters. The normalized spacial score (nSPS) is 15.7. The quantitative estimate of drug-likeness (QED) is 0.644. The van der Waals surface area contributed by atoms with Crippen LogP contribution in [0.4, 0.5) is 5.69 Å². The smallest absolute Gasteiger partial charge is 0.130 e. The molecule has 2 aromatic carbocycles. The molecule has 1 heterocycles. The van der Waals surface area contributed by atoms with Crippen LogP contribution in [0.5, 0.6) is 5.75 Å². The summed E-state index contributed by atoms with van der Waals surface area (Å²) < 4.78 is 5.23. The van der Waals surface area contributed by atoms with Gasteiger partial charge in [0.05, 0.1) is 7.11 Å². The van der Waals surface area contributed by atoms with Crippen LogP contribution in [0.3, 0.4) is 0 Å². The van der Waals surface area contributed by atoms with Gasteiger partial charge in [0.2, 0.25) is 0 Å². The molecule has 0 atom stereocenters. The van der Waals surface area contributed by atoms with Gasteiger partial charge in [-0.05, 0) is 24.3 Å². The Hall–Kier alpha value is -2.49. The van der Waals surface area contributed by atoms with Crippen LogP contribution < -0.4 is 9.64 Å². The van der Waals surface area contributed by atoms with Gasteiger partial charge in [0, 0.05) is 44.5 Å². The van der Waals surface area contributed by atoms with Gasteiger partial charge in [-0.2, -0.15) is 0 Å². The molecule has 4 nitrogen and oxygen atoms in total. The fraction of sp³-hybridized carbons (Fsp3) is 0.316. The van der Waals surface area contributed by atoms with Crippen molar-refractivity contribution < 1.29 is 4.74 Å². The minimum absolute atomic E-state index is 0.900. The van der Waals surface area contributed by atoms with E-state index in [1.165, 1.54) is 11.3 Å². The summed E-state index contributed by atoms with van der Waals surface area (Å²) >= 11 is 0. The van der Waals surface area contributed by atoms with Crippen molar-refractivity contribution in [2.24, 2.45) is 4.99 Å². The fourth-order valence-electron chi connectivity index (χ4n) is 3.01. The lowest BCUT2D eigenvalue weighted by Crippen LogP contribution is -2.49. The minimum Gasteiger partial charge on any atom is -0.497 e. The highest BCUT2D eigenvalue weighted by molar-refractivity contribution is 5.98. The maximum Gasteiger partial charge on any atom is 0.130 e. The molecule has 0 saturated carbocycles. The Bertz CT molecular complexity index is 644. The van der Waals surface area contributed by atoms with Gasteiger partial charge < -0.3 is 14.5 Å². The monoisotopic (exact) mass is 309 g/mol. The molecule has 0 bridgehead atoms. The number of aliphatic imine (C=N–C) groups is 1. The molecule has 0 radical (unpaired) electrons. The number of piperazine rings is 1. The summed E-state index contributed by atoms with van der Waals surface area (Å²) in [5, 5.41) is 0. The molecule has 1 saturated heterocycles. The van der Waals surface area contributed by atoms with E-state index in [1.807, 2.05) is 25.2 Å². The standard InChI is InChI=1S/C19H23N3O/c1-20-19(16-6-4-3-5-7-16)22-14-12-21(13-15-22)17-8-10-18(23-2)11-9-17/h3-11H,12-15H2,1-2H3. The number of anilines is 1. The number of rotatable bonds is 3. The van der Waals surface area contributed by atoms with Crippen LogP contribution in [0.1, 0.15) is 5.56 Å². The van der Waals surface area contributed by atoms with Crippen LogP contribution >= 0.6 is 0 Å². The summed E-state index contributed by atoms with van der Waals surface area (Å²) in [6.07, 6.45) is 0. The maximum absolute atomic E-state index is 5.23. The van der Waals surface area contributed by atoms with E-state index >= 15 is 0 Å². The fourth-order valence-corrected chi connectivity index (χ4v) is 3.01. The Kier molecular flexibility index (Phi) is 4.81. The zero-order valence-corrected chi connectivity index (χ0v) is 13.8. The van der Waals surface area contributed by atoms with Crippen LogP contribution in [-0.2, 0) is 0 Å². The Morgan fingerprint density at radius 1 is 0.913 bits per heavy atom. The maximum atomic E-state index is 5.23. The topological polar surface area (TPSA) is 28.1 Å². The Morgan fingerprint density at radius 3 is 2.13 bits per heavy atom. The molecule has 2 aromatic rings. The van der Waals surface area contributed by atoms with Crippen LogP contribution in [0.2, 0.25) is 0 Å². The van der Waals surface area contributed by atoms with Gasteiger partial charge >= 0.3 is 0 Å². The van der Waals surface area contributed by atoms with E-state index in [0.29, 0.717) is 0 Å². The second-order valence-electron chi connectivity index (χ2n) is 5.59. The predicted octanol–water partition coefficient (Wildman–Crippen LogP) is 2.89. The highest BCUT2D eigenvalue weighted by Gasteiger charge is 2.20. The van der Waals surface area contributed by atoms with Gasteiger partial charge in [0.15, 0.2) is 0 Å². The van der Waals surface area contributed by atoms with E-state index in [1.54, 1.807) is 7.11 Å². The van der Waals surface area contributed by atoms with Gasteiger partial charge in [0.1, 0.15) is 11.6 Å². The first-order chi connectivity index (χ1) is 11.3. The van der Waals surface area contributed by atoms with Crippen LogP contribution in [0.15, 0.2) is 59.6 Å². The third-order valence-electron chi connectivity index (χ3n) is 4.26. The highest BCUT2D eigenvalue weighted by Crippen LogP contribution is 2.21. The zero-order valence-electron chi connectivity index (χ0n) is 13.8. The molecule has 0 aliphatic carbocycles. The second kappa shape index (κ2) is 7.18. The molecule has 1 aliphatic heterocycles. The molecule has 0 amide bonds. The van der Waals surface area contributed by atoms with Crippen molar-refractivity contribution in [1.29, 1.82) is 0 Å². The second-order valence-corrected chi connectivity index (χ2v) is 5.59. The predicted molar refractivity (Wildman–Crippen MR) is 95.7 cm³/mol. The number of hydrogen-bond donors (Lipinski definition) is 0. The average molecular weight is 309 g/mol. The van der Waals surface area contributed by atoms with E-state index in [4.69, 9.17) is 4.74 Å². The Morgan fingerprint density at radius 2 is 1.57 bits per heavy atom. The minimum atomic E-state index is 0.900. The van der Waals surface area contributed by atoms with Gasteiger partial charge in [-0.15, -0.1) is 0 Å². The van der Waals surface area contributed by atoms with E-state index in [0.717, 1.165) is 37.8 Å². The van der Waals surface area contributed by atoms with Gasteiger partial charge in [-0.25, -0.2) is 0 Å². The van der Waals surface area contributed by atoms with Crippen molar-refractivity contribution >= 4 is 11.5 Å². The molecular formula is C19H23N3O. The summed E-state index contributed by atoms with van der Waals surface area (Å²) in [4.78, 5) is 9.29.